The summed E-state index contributed by atoms with van der Waals surface area (Å²) in [6.45, 7) is 4.63. The minimum atomic E-state index is -4.21. The molecule has 0 unspecified atom stereocenters. The molecule has 0 radical (unpaired) electrons. The van der Waals surface area contributed by atoms with Crippen LogP contribution in [0.4, 0.5) is 5.69 Å². The van der Waals surface area contributed by atoms with E-state index in [1.165, 1.54) is 12.3 Å². The SMILES string of the molecule is CC(C)CNc1ccncc1S(=O)(=O)O. The third-order valence-corrected chi connectivity index (χ3v) is 2.64. The Morgan fingerprint density at radius 3 is 2.73 bits per heavy atom. The highest BCUT2D eigenvalue weighted by molar-refractivity contribution is 7.86. The molecule has 2 N–H and O–H groups in total. The normalized spacial score (nSPS) is 11.7. The lowest BCUT2D eigenvalue weighted by Crippen LogP contribution is -2.11. The highest BCUT2D eigenvalue weighted by Gasteiger charge is 2.15. The summed E-state index contributed by atoms with van der Waals surface area (Å²) in [5.41, 5.74) is 0.376. The summed E-state index contributed by atoms with van der Waals surface area (Å²) in [5, 5.41) is 2.94. The number of nitrogens with zero attached hydrogens (tertiary/aromatic N) is 1. The van der Waals surface area contributed by atoms with Crippen LogP contribution in [-0.4, -0.2) is 24.5 Å². The number of hydrogen-bond acceptors (Lipinski definition) is 4. The Morgan fingerprint density at radius 1 is 1.53 bits per heavy atom. The smallest absolute Gasteiger partial charge is 0.298 e. The molecule has 1 aromatic heterocycles. The van der Waals surface area contributed by atoms with E-state index in [2.05, 4.69) is 10.3 Å². The van der Waals surface area contributed by atoms with Gasteiger partial charge in [-0.3, -0.25) is 9.54 Å². The Kier molecular flexibility index (Phi) is 3.65. The molecule has 0 saturated carbocycles. The van der Waals surface area contributed by atoms with Gasteiger partial charge in [-0.1, -0.05) is 13.8 Å². The maximum absolute atomic E-state index is 11.0. The van der Waals surface area contributed by atoms with Gasteiger partial charge in [0.05, 0.1) is 11.9 Å². The van der Waals surface area contributed by atoms with E-state index < -0.39 is 10.1 Å². The van der Waals surface area contributed by atoms with E-state index in [4.69, 9.17) is 4.55 Å². The molecule has 0 spiro atoms. The zero-order chi connectivity index (χ0) is 11.5. The van der Waals surface area contributed by atoms with E-state index in [1.54, 1.807) is 0 Å². The average molecular weight is 230 g/mol. The third-order valence-electron chi connectivity index (χ3n) is 1.76. The maximum atomic E-state index is 11.0. The van der Waals surface area contributed by atoms with Crippen molar-refractivity contribution in [3.63, 3.8) is 0 Å². The van der Waals surface area contributed by atoms with Crippen molar-refractivity contribution in [3.8, 4) is 0 Å². The first-order valence-electron chi connectivity index (χ1n) is 4.56. The molecule has 0 aliphatic rings. The van der Waals surface area contributed by atoms with Crippen LogP contribution in [0.1, 0.15) is 13.8 Å². The van der Waals surface area contributed by atoms with Crippen molar-refractivity contribution in [2.24, 2.45) is 5.92 Å². The van der Waals surface area contributed by atoms with E-state index in [0.29, 0.717) is 18.2 Å². The fourth-order valence-corrected chi connectivity index (χ4v) is 1.66. The number of anilines is 1. The van der Waals surface area contributed by atoms with Gasteiger partial charge in [0, 0.05) is 12.7 Å². The van der Waals surface area contributed by atoms with Gasteiger partial charge in [0.15, 0.2) is 0 Å². The number of hydrogen-bond donors (Lipinski definition) is 2. The van der Waals surface area contributed by atoms with Crippen LogP contribution in [0.15, 0.2) is 23.4 Å². The van der Waals surface area contributed by atoms with Gasteiger partial charge in [-0.25, -0.2) is 0 Å². The summed E-state index contributed by atoms with van der Waals surface area (Å²) in [7, 11) is -4.21. The first-order valence-corrected chi connectivity index (χ1v) is 6.00. The summed E-state index contributed by atoms with van der Waals surface area (Å²) < 4.78 is 30.9. The summed E-state index contributed by atoms with van der Waals surface area (Å²) in [5.74, 6) is 0.382. The zero-order valence-electron chi connectivity index (χ0n) is 8.64. The maximum Gasteiger partial charge on any atom is 0.298 e. The summed E-state index contributed by atoms with van der Waals surface area (Å²) in [6, 6.07) is 1.52. The molecule has 0 aliphatic heterocycles. The average Bonchev–Trinajstić information content (AvgIpc) is 2.13. The van der Waals surface area contributed by atoms with E-state index >= 15 is 0 Å². The monoisotopic (exact) mass is 230 g/mol. The van der Waals surface area contributed by atoms with Crippen molar-refractivity contribution >= 4 is 15.8 Å². The van der Waals surface area contributed by atoms with Crippen LogP contribution in [0.25, 0.3) is 0 Å². The van der Waals surface area contributed by atoms with Crippen LogP contribution in [0.3, 0.4) is 0 Å². The lowest BCUT2D eigenvalue weighted by Gasteiger charge is -2.11. The van der Waals surface area contributed by atoms with Gasteiger partial charge in [0.2, 0.25) is 0 Å². The standard InChI is InChI=1S/C9H14N2O3S/c1-7(2)5-11-8-3-4-10-6-9(8)15(12,13)14/h3-4,6-7H,5H2,1-2H3,(H,10,11)(H,12,13,14). The fraction of sp³-hybridized carbons (Fsp3) is 0.444. The molecule has 0 fully saturated rings. The number of pyridine rings is 1. The molecule has 6 heteroatoms. The predicted molar refractivity (Wildman–Crippen MR) is 57.4 cm³/mol. The van der Waals surface area contributed by atoms with Gasteiger partial charge in [0.1, 0.15) is 4.90 Å². The molecule has 1 rings (SSSR count). The second-order valence-corrected chi connectivity index (χ2v) is 5.01. The number of rotatable bonds is 4. The van der Waals surface area contributed by atoms with Gasteiger partial charge >= 0.3 is 0 Å². The third kappa shape index (κ3) is 3.49. The van der Waals surface area contributed by atoms with Crippen LogP contribution in [0.5, 0.6) is 0 Å². The summed E-state index contributed by atoms with van der Waals surface area (Å²) >= 11 is 0. The molecular formula is C9H14N2O3S. The molecule has 0 atom stereocenters. The first kappa shape index (κ1) is 11.9. The lowest BCUT2D eigenvalue weighted by molar-refractivity contribution is 0.483. The van der Waals surface area contributed by atoms with E-state index in [1.807, 2.05) is 13.8 Å². The highest BCUT2D eigenvalue weighted by Crippen LogP contribution is 2.19. The molecule has 15 heavy (non-hydrogen) atoms. The van der Waals surface area contributed by atoms with E-state index in [9.17, 15) is 8.42 Å². The molecular weight excluding hydrogens is 216 g/mol. The van der Waals surface area contributed by atoms with Crippen LogP contribution < -0.4 is 5.32 Å². The molecule has 0 bridgehead atoms. The Morgan fingerprint density at radius 2 is 2.20 bits per heavy atom. The van der Waals surface area contributed by atoms with Crippen molar-refractivity contribution in [1.82, 2.24) is 4.98 Å². The molecule has 5 nitrogen and oxygen atoms in total. The Labute approximate surface area is 89.3 Å². The Hall–Kier alpha value is -1.14. The number of nitrogens with one attached hydrogen (secondary N) is 1. The van der Waals surface area contributed by atoms with Crippen LogP contribution in [0, 0.1) is 5.92 Å². The van der Waals surface area contributed by atoms with Gasteiger partial charge in [-0.05, 0) is 12.0 Å². The van der Waals surface area contributed by atoms with Gasteiger partial charge in [-0.2, -0.15) is 8.42 Å². The molecule has 84 valence electrons. The van der Waals surface area contributed by atoms with Gasteiger partial charge in [-0.15, -0.1) is 0 Å². The largest absolute Gasteiger partial charge is 0.384 e. The lowest BCUT2D eigenvalue weighted by atomic mass is 10.2. The highest BCUT2D eigenvalue weighted by atomic mass is 32.2. The van der Waals surface area contributed by atoms with Crippen molar-refractivity contribution in [2.45, 2.75) is 18.7 Å². The molecule has 1 aromatic rings. The second kappa shape index (κ2) is 4.59. The molecule has 0 aliphatic carbocycles. The Balaban J connectivity index is 2.98. The van der Waals surface area contributed by atoms with Crippen molar-refractivity contribution in [3.05, 3.63) is 18.5 Å². The molecule has 0 amide bonds. The van der Waals surface area contributed by atoms with E-state index in [-0.39, 0.29) is 4.90 Å². The van der Waals surface area contributed by atoms with Gasteiger partial charge in [0.25, 0.3) is 10.1 Å². The van der Waals surface area contributed by atoms with Gasteiger partial charge < -0.3 is 5.32 Å². The fourth-order valence-electron chi connectivity index (χ4n) is 1.05. The molecule has 1 heterocycles. The van der Waals surface area contributed by atoms with Crippen LogP contribution in [0.2, 0.25) is 0 Å². The summed E-state index contributed by atoms with van der Waals surface area (Å²) in [6.07, 6.45) is 2.59. The second-order valence-electron chi connectivity index (χ2n) is 3.62. The van der Waals surface area contributed by atoms with Crippen molar-refractivity contribution in [2.75, 3.05) is 11.9 Å². The van der Waals surface area contributed by atoms with Crippen LogP contribution in [-0.2, 0) is 10.1 Å². The minimum absolute atomic E-state index is 0.189. The minimum Gasteiger partial charge on any atom is -0.384 e. The topological polar surface area (TPSA) is 79.3 Å². The number of aromatic nitrogens is 1. The van der Waals surface area contributed by atoms with Crippen molar-refractivity contribution in [1.29, 1.82) is 0 Å². The van der Waals surface area contributed by atoms with Crippen LogP contribution >= 0.6 is 0 Å². The molecule has 0 saturated heterocycles. The quantitative estimate of drug-likeness (QED) is 0.764. The summed E-state index contributed by atoms with van der Waals surface area (Å²) in [4.78, 5) is 3.47. The predicted octanol–water partition coefficient (Wildman–Crippen LogP) is 1.40. The Bertz CT molecular complexity index is 429. The zero-order valence-corrected chi connectivity index (χ0v) is 9.45. The molecule has 0 aromatic carbocycles. The first-order chi connectivity index (χ1) is 6.91. The van der Waals surface area contributed by atoms with E-state index in [0.717, 1.165) is 6.20 Å². The van der Waals surface area contributed by atoms with Crippen molar-refractivity contribution < 1.29 is 13.0 Å².